The Balaban J connectivity index is 2.32. The third kappa shape index (κ3) is 24.2. The number of methoxy groups -OCH3 is 2. The van der Waals surface area contributed by atoms with E-state index in [2.05, 4.69) is 21.3 Å². The number of amides is 7. The van der Waals surface area contributed by atoms with E-state index in [0.29, 0.717) is 38.6 Å². The third-order valence-corrected chi connectivity index (χ3v) is 8.15. The molecule has 1 rings (SSSR count). The summed E-state index contributed by atoms with van der Waals surface area (Å²) < 4.78 is 36.4. The summed E-state index contributed by atoms with van der Waals surface area (Å²) in [5.74, 6) is 3.51. The van der Waals surface area contributed by atoms with Gasteiger partial charge in [0.2, 0.25) is 29.5 Å². The van der Waals surface area contributed by atoms with E-state index in [9.17, 15) is 33.6 Å². The zero-order chi connectivity index (χ0) is 39.1. The molecule has 1 aliphatic rings. The number of nitrogens with one attached hydrogen (secondary N) is 5. The minimum Gasteiger partial charge on any atom is -0.447 e. The van der Waals surface area contributed by atoms with Crippen LogP contribution >= 0.6 is 11.8 Å². The van der Waals surface area contributed by atoms with E-state index in [1.165, 1.54) is 11.8 Å². The minimum absolute atomic E-state index is 0.00197. The maximum absolute atomic E-state index is 12.5. The highest BCUT2D eigenvalue weighted by molar-refractivity contribution is 8.00. The lowest BCUT2D eigenvalue weighted by Gasteiger charge is -2.18. The summed E-state index contributed by atoms with van der Waals surface area (Å²) in [5.41, 5.74) is 2.00. The molecule has 21 nitrogen and oxygen atoms in total. The van der Waals surface area contributed by atoms with Crippen molar-refractivity contribution in [1.29, 1.82) is 0 Å². The fourth-order valence-electron chi connectivity index (χ4n) is 4.18. The van der Waals surface area contributed by atoms with E-state index in [-0.39, 0.29) is 109 Å². The maximum Gasteiger partial charge on any atom is 0.407 e. The van der Waals surface area contributed by atoms with Crippen molar-refractivity contribution < 1.29 is 66.7 Å². The largest absolute Gasteiger partial charge is 0.447 e. The van der Waals surface area contributed by atoms with Crippen molar-refractivity contribution in [1.82, 2.24) is 31.6 Å². The fraction of sp³-hybridized carbons (Fsp3) is 0.774. The minimum atomic E-state index is -0.818. The quantitative estimate of drug-likeness (QED) is 0.0143. The summed E-state index contributed by atoms with van der Waals surface area (Å²) in [6.45, 7) is 2.37. The van der Waals surface area contributed by atoms with Gasteiger partial charge in [0.1, 0.15) is 19.3 Å². The van der Waals surface area contributed by atoms with Gasteiger partial charge < -0.3 is 54.4 Å². The first-order valence-corrected chi connectivity index (χ1v) is 18.2. The number of thioether (sulfide) groups is 1. The number of imide groups is 1. The molecule has 7 amide bonds. The summed E-state index contributed by atoms with van der Waals surface area (Å²) in [5, 5.41) is 9.75. The van der Waals surface area contributed by atoms with Crippen molar-refractivity contribution in [2.75, 3.05) is 112 Å². The SMILES string of the molecule is COCCOCCNC(=O)OCC(COC(=O)NCCOCCOC)OCCCC(=O)NCCNC(=O)CCN1C(=O)CC(SCCC(=O)NN)C1=O. The molecule has 0 aromatic carbocycles. The van der Waals surface area contributed by atoms with E-state index in [4.69, 9.17) is 39.0 Å². The van der Waals surface area contributed by atoms with Crippen LogP contribution in [0.3, 0.4) is 0 Å². The molecule has 0 saturated carbocycles. The smallest absolute Gasteiger partial charge is 0.407 e. The predicted octanol–water partition coefficient (Wildman–Crippen LogP) is -2.21. The number of hydrogen-bond donors (Lipinski definition) is 6. The monoisotopic (exact) mass is 781 g/mol. The van der Waals surface area contributed by atoms with Gasteiger partial charge in [0.25, 0.3) is 0 Å². The molecule has 0 aromatic rings. The lowest BCUT2D eigenvalue weighted by Crippen LogP contribution is -2.38. The second-order valence-corrected chi connectivity index (χ2v) is 12.4. The van der Waals surface area contributed by atoms with E-state index in [0.717, 1.165) is 4.90 Å². The number of nitrogens with two attached hydrogens (primary N) is 1. The van der Waals surface area contributed by atoms with Crippen LogP contribution in [0.2, 0.25) is 0 Å². The Kier molecular flexibility index (Phi) is 27.3. The third-order valence-electron chi connectivity index (χ3n) is 6.94. The number of hydrogen-bond acceptors (Lipinski definition) is 16. The summed E-state index contributed by atoms with van der Waals surface area (Å²) in [6.07, 6.45) is -1.85. The Bertz CT molecular complexity index is 1090. The second-order valence-electron chi connectivity index (χ2n) is 11.1. The normalized spacial score (nSPS) is 13.9. The van der Waals surface area contributed by atoms with Crippen LogP contribution in [0, 0.1) is 0 Å². The number of likely N-dealkylation sites (tertiary alicyclic amines) is 1. The highest BCUT2D eigenvalue weighted by Crippen LogP contribution is 2.25. The Hall–Kier alpha value is -3.80. The predicted molar refractivity (Wildman–Crippen MR) is 188 cm³/mol. The van der Waals surface area contributed by atoms with Crippen LogP contribution in [-0.4, -0.2) is 170 Å². The van der Waals surface area contributed by atoms with E-state index in [1.807, 2.05) is 5.43 Å². The second kappa shape index (κ2) is 30.6. The van der Waals surface area contributed by atoms with Crippen LogP contribution in [0.25, 0.3) is 0 Å². The molecule has 304 valence electrons. The summed E-state index contributed by atoms with van der Waals surface area (Å²) in [7, 11) is 3.10. The summed E-state index contributed by atoms with van der Waals surface area (Å²) >= 11 is 1.19. The standard InChI is InChI=1S/C31H55N7O14S/c1-46-15-17-48-13-9-35-30(44)51-21-23(22-52-31(45)36-10-14-49-18-16-47-2)50-12-3-4-25(39)33-7-8-34-26(40)5-11-38-28(42)20-24(29(38)43)53-19-6-27(41)37-32/h23-24H,3-22,32H2,1-2H3,(H,33,39)(H,34,40)(H,35,44)(H,36,45)(H,37,41). The molecule has 1 aliphatic heterocycles. The molecule has 22 heteroatoms. The number of carbonyl (C=O) groups excluding carboxylic acids is 7. The van der Waals surface area contributed by atoms with Gasteiger partial charge >= 0.3 is 12.2 Å². The average molecular weight is 782 g/mol. The van der Waals surface area contributed by atoms with Gasteiger partial charge in [-0.3, -0.25) is 34.3 Å². The van der Waals surface area contributed by atoms with Crippen molar-refractivity contribution in [3.05, 3.63) is 0 Å². The van der Waals surface area contributed by atoms with Crippen LogP contribution in [0.5, 0.6) is 0 Å². The van der Waals surface area contributed by atoms with E-state index < -0.39 is 35.4 Å². The number of alkyl carbamates (subject to hydrolysis) is 2. The van der Waals surface area contributed by atoms with Crippen LogP contribution in [-0.2, 0) is 57.1 Å². The van der Waals surface area contributed by atoms with Gasteiger partial charge in [0.15, 0.2) is 0 Å². The number of rotatable bonds is 31. The zero-order valence-electron chi connectivity index (χ0n) is 30.4. The van der Waals surface area contributed by atoms with Crippen LogP contribution < -0.4 is 32.5 Å². The molecule has 1 saturated heterocycles. The zero-order valence-corrected chi connectivity index (χ0v) is 31.3. The molecule has 1 heterocycles. The van der Waals surface area contributed by atoms with E-state index in [1.54, 1.807) is 14.2 Å². The van der Waals surface area contributed by atoms with Crippen molar-refractivity contribution in [3.8, 4) is 0 Å². The molecule has 53 heavy (non-hydrogen) atoms. The molecule has 1 unspecified atom stereocenters. The molecular weight excluding hydrogens is 726 g/mol. The van der Waals surface area contributed by atoms with Gasteiger partial charge in [0, 0.05) is 85.0 Å². The first-order valence-electron chi connectivity index (χ1n) is 17.2. The highest BCUT2D eigenvalue weighted by atomic mass is 32.2. The molecule has 1 atom stereocenters. The Morgan fingerprint density at radius 3 is 1.85 bits per heavy atom. The molecular formula is C31H55N7O14S. The number of carbonyl (C=O) groups is 7. The first-order chi connectivity index (χ1) is 25.6. The highest BCUT2D eigenvalue weighted by Gasteiger charge is 2.38. The number of ether oxygens (including phenoxy) is 7. The lowest BCUT2D eigenvalue weighted by atomic mass is 10.3. The van der Waals surface area contributed by atoms with Crippen molar-refractivity contribution >= 4 is 53.5 Å². The molecule has 1 fully saturated rings. The Labute approximate surface area is 313 Å². The lowest BCUT2D eigenvalue weighted by molar-refractivity contribution is -0.138. The fourth-order valence-corrected chi connectivity index (χ4v) is 5.30. The maximum atomic E-state index is 12.5. The molecule has 0 radical (unpaired) electrons. The van der Waals surface area contributed by atoms with Crippen molar-refractivity contribution in [2.24, 2.45) is 5.84 Å². The van der Waals surface area contributed by atoms with Gasteiger partial charge in [-0.15, -0.1) is 11.8 Å². The number of hydrazine groups is 1. The van der Waals surface area contributed by atoms with Crippen molar-refractivity contribution in [3.63, 3.8) is 0 Å². The molecule has 0 spiro atoms. The van der Waals surface area contributed by atoms with Gasteiger partial charge in [-0.25, -0.2) is 15.4 Å². The van der Waals surface area contributed by atoms with Gasteiger partial charge in [-0.05, 0) is 6.42 Å². The molecule has 7 N–H and O–H groups in total. The van der Waals surface area contributed by atoms with Gasteiger partial charge in [0.05, 0.1) is 44.9 Å². The first kappa shape index (κ1) is 47.2. The van der Waals surface area contributed by atoms with Gasteiger partial charge in [-0.1, -0.05) is 0 Å². The Morgan fingerprint density at radius 1 is 0.736 bits per heavy atom. The summed E-state index contributed by atoms with van der Waals surface area (Å²) in [6, 6.07) is 0. The topological polar surface area (TPSA) is 274 Å². The van der Waals surface area contributed by atoms with Crippen molar-refractivity contribution in [2.45, 2.75) is 43.5 Å². The summed E-state index contributed by atoms with van der Waals surface area (Å²) in [4.78, 5) is 85.7. The molecule has 0 aromatic heterocycles. The van der Waals surface area contributed by atoms with Crippen LogP contribution in [0.1, 0.15) is 32.1 Å². The van der Waals surface area contributed by atoms with Crippen LogP contribution in [0.15, 0.2) is 0 Å². The molecule has 0 aliphatic carbocycles. The van der Waals surface area contributed by atoms with Crippen LogP contribution in [0.4, 0.5) is 9.59 Å². The molecule has 0 bridgehead atoms. The van der Waals surface area contributed by atoms with Gasteiger partial charge in [-0.2, -0.15) is 0 Å². The Morgan fingerprint density at radius 2 is 1.30 bits per heavy atom. The average Bonchev–Trinajstić information content (AvgIpc) is 3.41. The number of nitrogens with zero attached hydrogens (tertiary/aromatic N) is 1. The van der Waals surface area contributed by atoms with E-state index >= 15 is 0 Å².